The van der Waals surface area contributed by atoms with E-state index in [0.29, 0.717) is 5.77 Å². The van der Waals surface area contributed by atoms with Crippen molar-refractivity contribution >= 4 is 53.0 Å². The third kappa shape index (κ3) is 3.48. The predicted octanol–water partition coefficient (Wildman–Crippen LogP) is 4.14. The van der Waals surface area contributed by atoms with Crippen LogP contribution in [0.15, 0.2) is 35.0 Å². The van der Waals surface area contributed by atoms with Gasteiger partial charge < -0.3 is 0 Å². The molecule has 106 valence electrons. The fourth-order valence-corrected chi connectivity index (χ4v) is 11.8. The molecule has 0 unspecified atom stereocenters. The molecule has 3 nitrogen and oxygen atoms in total. The number of hydrogen-bond donors (Lipinski definition) is 0. The minimum absolute atomic E-state index is 0.555. The van der Waals surface area contributed by atoms with Crippen LogP contribution in [0.5, 0.6) is 0 Å². The average molecular weight is 442 g/mol. The summed E-state index contributed by atoms with van der Waals surface area (Å²) in [5.41, 5.74) is -5.39. The average Bonchev–Trinajstić information content (AvgIpc) is 2.98. The van der Waals surface area contributed by atoms with Gasteiger partial charge in [-0.2, -0.15) is 0 Å². The zero-order chi connectivity index (χ0) is 14.1. The van der Waals surface area contributed by atoms with Gasteiger partial charge in [-0.05, 0) is 0 Å². The fourth-order valence-electron chi connectivity index (χ4n) is 0.985. The molecule has 0 fully saturated rings. The molecular weight excluding hydrogens is 436 g/mol. The van der Waals surface area contributed by atoms with Gasteiger partial charge in [-0.1, -0.05) is 0 Å². The van der Waals surface area contributed by atoms with Gasteiger partial charge in [-0.25, -0.2) is 0 Å². The van der Waals surface area contributed by atoms with Gasteiger partial charge in [0, 0.05) is 0 Å². The Morgan fingerprint density at radius 3 is 1.84 bits per heavy atom. The Balaban J connectivity index is 2.36. The van der Waals surface area contributed by atoms with Crippen LogP contribution in [0.4, 0.5) is 13.2 Å². The maximum atomic E-state index is 12.4. The summed E-state index contributed by atoms with van der Waals surface area (Å²) in [5.74, 6) is 0. The minimum atomic E-state index is -5.57. The Labute approximate surface area is 123 Å². The van der Waals surface area contributed by atoms with E-state index in [1.165, 1.54) is 22.7 Å². The molecule has 10 heteroatoms. The SMILES string of the molecule is O=S(=O)(OI(c1cccs1)c1cccs1)C(F)(F)F. The van der Waals surface area contributed by atoms with Crippen molar-refractivity contribution < 1.29 is 24.1 Å². The first-order valence-corrected chi connectivity index (χ1v) is 10.8. The van der Waals surface area contributed by atoms with Gasteiger partial charge in [0.25, 0.3) is 0 Å². The normalized spacial score (nSPS) is 13.5. The van der Waals surface area contributed by atoms with Gasteiger partial charge in [0.05, 0.1) is 0 Å². The third-order valence-corrected chi connectivity index (χ3v) is 12.5. The Kier molecular flexibility index (Phi) is 4.55. The third-order valence-electron chi connectivity index (χ3n) is 1.74. The van der Waals surface area contributed by atoms with Crippen LogP contribution in [0.25, 0.3) is 0 Å². The summed E-state index contributed by atoms with van der Waals surface area (Å²) in [6, 6.07) is 6.51. The van der Waals surface area contributed by atoms with E-state index < -0.39 is 35.9 Å². The van der Waals surface area contributed by atoms with Crippen LogP contribution in [0.1, 0.15) is 0 Å². The van der Waals surface area contributed by atoms with Crippen LogP contribution < -0.4 is 0 Å². The molecule has 0 bridgehead atoms. The molecule has 0 radical (unpaired) electrons. The maximum absolute atomic E-state index is 12.4. The van der Waals surface area contributed by atoms with Crippen molar-refractivity contribution in [1.82, 2.24) is 0 Å². The molecule has 2 heterocycles. The molecule has 19 heavy (non-hydrogen) atoms. The molecule has 0 aliphatic carbocycles. The van der Waals surface area contributed by atoms with E-state index in [1.54, 1.807) is 35.0 Å². The number of thiophene rings is 2. The molecule has 0 atom stereocenters. The van der Waals surface area contributed by atoms with E-state index >= 15 is 0 Å². The second-order valence-electron chi connectivity index (χ2n) is 3.05. The molecular formula is C9H6F3IO3S3. The number of rotatable bonds is 4. The van der Waals surface area contributed by atoms with Crippen molar-refractivity contribution in [3.8, 4) is 0 Å². The summed E-state index contributed by atoms with van der Waals surface area (Å²) < 4.78 is 65.1. The van der Waals surface area contributed by atoms with Crippen molar-refractivity contribution in [2.24, 2.45) is 0 Å². The summed E-state index contributed by atoms with van der Waals surface area (Å²) >= 11 is -0.652. The second kappa shape index (κ2) is 5.68. The molecule has 0 saturated carbocycles. The van der Waals surface area contributed by atoms with E-state index in [1.807, 2.05) is 0 Å². The van der Waals surface area contributed by atoms with Gasteiger partial charge in [0.15, 0.2) is 0 Å². The molecule has 2 aromatic heterocycles. The number of alkyl halides is 3. The van der Waals surface area contributed by atoms with Crippen LogP contribution in [0.3, 0.4) is 0 Å². The van der Waals surface area contributed by atoms with E-state index in [-0.39, 0.29) is 0 Å². The molecule has 0 saturated heterocycles. The Bertz CT molecular complexity index is 585. The van der Waals surface area contributed by atoms with Crippen molar-refractivity contribution in [2.45, 2.75) is 5.51 Å². The Hall–Kier alpha value is -0.170. The van der Waals surface area contributed by atoms with Crippen molar-refractivity contribution in [1.29, 1.82) is 0 Å². The Morgan fingerprint density at radius 1 is 1.05 bits per heavy atom. The number of halogens is 4. The van der Waals surface area contributed by atoms with E-state index in [2.05, 4.69) is 2.51 Å². The summed E-state index contributed by atoms with van der Waals surface area (Å²) in [6.07, 6.45) is 0. The first-order valence-electron chi connectivity index (χ1n) is 4.59. The number of hydrogen-bond acceptors (Lipinski definition) is 5. The molecule has 0 spiro atoms. The van der Waals surface area contributed by atoms with E-state index in [9.17, 15) is 21.6 Å². The van der Waals surface area contributed by atoms with E-state index in [0.717, 1.165) is 0 Å². The van der Waals surface area contributed by atoms with Crippen LogP contribution >= 0.6 is 42.9 Å². The summed E-state index contributed by atoms with van der Waals surface area (Å²) in [6.45, 7) is 0. The first-order chi connectivity index (χ1) is 8.81. The fraction of sp³-hybridized carbons (Fsp3) is 0.111. The van der Waals surface area contributed by atoms with Gasteiger partial charge in [-0.3, -0.25) is 0 Å². The van der Waals surface area contributed by atoms with Crippen LogP contribution in [0, 0.1) is 5.77 Å². The topological polar surface area (TPSA) is 43.4 Å². The van der Waals surface area contributed by atoms with Crippen molar-refractivity contribution in [3.63, 3.8) is 0 Å². The summed E-state index contributed by atoms with van der Waals surface area (Å²) in [4.78, 5) is 0. The predicted molar refractivity (Wildman–Crippen MR) is 76.1 cm³/mol. The zero-order valence-corrected chi connectivity index (χ0v) is 13.5. The molecule has 2 aromatic rings. The van der Waals surface area contributed by atoms with Crippen LogP contribution in [-0.2, 0) is 12.6 Å². The summed E-state index contributed by atoms with van der Waals surface area (Å²) in [7, 11) is -5.57. The van der Waals surface area contributed by atoms with Crippen LogP contribution in [-0.4, -0.2) is 13.9 Å². The standard InChI is InChI=1S/C9H6F3IO3S3/c10-9(11,12)19(14,15)16-13(7-3-1-5-17-7)8-4-2-6-18-8/h1-6H. The van der Waals surface area contributed by atoms with Crippen molar-refractivity contribution in [2.75, 3.05) is 0 Å². The van der Waals surface area contributed by atoms with Crippen molar-refractivity contribution in [3.05, 3.63) is 40.8 Å². The van der Waals surface area contributed by atoms with E-state index in [4.69, 9.17) is 0 Å². The molecule has 0 N–H and O–H groups in total. The second-order valence-corrected chi connectivity index (χ2v) is 12.7. The van der Waals surface area contributed by atoms with Gasteiger partial charge in [0.1, 0.15) is 0 Å². The monoisotopic (exact) mass is 442 g/mol. The van der Waals surface area contributed by atoms with Gasteiger partial charge in [-0.15, -0.1) is 0 Å². The quantitative estimate of drug-likeness (QED) is 0.528. The zero-order valence-electron chi connectivity index (χ0n) is 8.93. The van der Waals surface area contributed by atoms with Crippen LogP contribution in [0.2, 0.25) is 0 Å². The molecule has 0 aliphatic heterocycles. The Morgan fingerprint density at radius 2 is 1.53 bits per heavy atom. The van der Waals surface area contributed by atoms with Gasteiger partial charge >= 0.3 is 123 Å². The molecule has 0 aliphatic rings. The molecule has 2 rings (SSSR count). The molecule has 0 aromatic carbocycles. The molecule has 0 amide bonds. The van der Waals surface area contributed by atoms with Gasteiger partial charge in [0.2, 0.25) is 0 Å². The first kappa shape index (κ1) is 15.2. The summed E-state index contributed by atoms with van der Waals surface area (Å²) in [5, 5.41) is 3.36.